The standard InChI is InChI=1S/C13H15NO4/c1-2-18-13(17)9-14-12(16)8-5-10-3-6-11(15)7-4-10/h3-8,15H,2,9H2,1H3,(H,14,16)/b8-5+. The first-order valence-electron chi connectivity index (χ1n) is 5.52. The summed E-state index contributed by atoms with van der Waals surface area (Å²) < 4.78 is 4.66. The van der Waals surface area contributed by atoms with E-state index in [1.54, 1.807) is 25.1 Å². The molecule has 0 aliphatic rings. The molecule has 0 aliphatic carbocycles. The highest BCUT2D eigenvalue weighted by Crippen LogP contribution is 2.10. The van der Waals surface area contributed by atoms with E-state index in [1.807, 2.05) is 0 Å². The van der Waals surface area contributed by atoms with Crippen molar-refractivity contribution in [3.05, 3.63) is 35.9 Å². The van der Waals surface area contributed by atoms with Gasteiger partial charge in [0.15, 0.2) is 0 Å². The van der Waals surface area contributed by atoms with E-state index in [9.17, 15) is 9.59 Å². The third-order valence-electron chi connectivity index (χ3n) is 2.03. The fraction of sp³-hybridized carbons (Fsp3) is 0.231. The number of carbonyl (C=O) groups is 2. The second-order valence-electron chi connectivity index (χ2n) is 3.45. The number of aromatic hydroxyl groups is 1. The average Bonchev–Trinajstić information content (AvgIpc) is 2.36. The van der Waals surface area contributed by atoms with Gasteiger partial charge in [-0.25, -0.2) is 0 Å². The van der Waals surface area contributed by atoms with Crippen LogP contribution in [-0.4, -0.2) is 30.1 Å². The normalized spacial score (nSPS) is 10.3. The van der Waals surface area contributed by atoms with Gasteiger partial charge in [0.25, 0.3) is 0 Å². The molecule has 5 nitrogen and oxygen atoms in total. The van der Waals surface area contributed by atoms with Gasteiger partial charge in [-0.2, -0.15) is 0 Å². The first kappa shape index (κ1) is 13.8. The van der Waals surface area contributed by atoms with Crippen molar-refractivity contribution in [3.63, 3.8) is 0 Å². The van der Waals surface area contributed by atoms with Crippen molar-refractivity contribution in [2.75, 3.05) is 13.2 Å². The van der Waals surface area contributed by atoms with Gasteiger partial charge >= 0.3 is 5.97 Å². The molecular formula is C13H15NO4. The number of phenols is 1. The maximum atomic E-state index is 11.3. The van der Waals surface area contributed by atoms with Gasteiger partial charge in [0.1, 0.15) is 12.3 Å². The van der Waals surface area contributed by atoms with Crippen LogP contribution < -0.4 is 5.32 Å². The van der Waals surface area contributed by atoms with Gasteiger partial charge in [0.05, 0.1) is 6.61 Å². The third kappa shape index (κ3) is 5.16. The van der Waals surface area contributed by atoms with Crippen LogP contribution in [0.3, 0.4) is 0 Å². The van der Waals surface area contributed by atoms with E-state index in [4.69, 9.17) is 5.11 Å². The number of amides is 1. The van der Waals surface area contributed by atoms with Crippen LogP contribution in [0.4, 0.5) is 0 Å². The number of hydrogen-bond acceptors (Lipinski definition) is 4. The molecule has 0 fully saturated rings. The number of benzene rings is 1. The largest absolute Gasteiger partial charge is 0.508 e. The van der Waals surface area contributed by atoms with Crippen LogP contribution in [0, 0.1) is 0 Å². The first-order chi connectivity index (χ1) is 8.61. The summed E-state index contributed by atoms with van der Waals surface area (Å²) in [6.45, 7) is 1.84. The molecule has 0 spiro atoms. The van der Waals surface area contributed by atoms with E-state index in [1.165, 1.54) is 18.2 Å². The van der Waals surface area contributed by atoms with Gasteiger partial charge in [-0.3, -0.25) is 9.59 Å². The minimum absolute atomic E-state index is 0.146. The molecule has 2 N–H and O–H groups in total. The molecule has 0 radical (unpaired) electrons. The molecular weight excluding hydrogens is 234 g/mol. The van der Waals surface area contributed by atoms with Crippen molar-refractivity contribution < 1.29 is 19.4 Å². The molecule has 5 heteroatoms. The summed E-state index contributed by atoms with van der Waals surface area (Å²) in [5.74, 6) is -0.682. The lowest BCUT2D eigenvalue weighted by Crippen LogP contribution is -2.29. The third-order valence-corrected chi connectivity index (χ3v) is 2.03. The summed E-state index contributed by atoms with van der Waals surface area (Å²) in [6.07, 6.45) is 2.89. The molecule has 0 atom stereocenters. The van der Waals surface area contributed by atoms with E-state index in [0.717, 1.165) is 5.56 Å². The average molecular weight is 249 g/mol. The van der Waals surface area contributed by atoms with E-state index in [0.29, 0.717) is 0 Å². The van der Waals surface area contributed by atoms with E-state index >= 15 is 0 Å². The Morgan fingerprint density at radius 2 is 2.00 bits per heavy atom. The molecule has 1 amide bonds. The Balaban J connectivity index is 2.40. The lowest BCUT2D eigenvalue weighted by molar-refractivity contribution is -0.143. The molecule has 0 saturated heterocycles. The van der Waals surface area contributed by atoms with Gasteiger partial charge in [-0.1, -0.05) is 12.1 Å². The van der Waals surface area contributed by atoms with Crippen LogP contribution in [0.25, 0.3) is 6.08 Å². The summed E-state index contributed by atoms with van der Waals surface area (Å²) in [4.78, 5) is 22.3. The monoisotopic (exact) mass is 249 g/mol. The van der Waals surface area contributed by atoms with E-state index in [2.05, 4.69) is 10.1 Å². The smallest absolute Gasteiger partial charge is 0.325 e. The van der Waals surface area contributed by atoms with Crippen molar-refractivity contribution in [3.8, 4) is 5.75 Å². The predicted octanol–water partition coefficient (Wildman–Crippen LogP) is 1.08. The molecule has 1 aromatic rings. The molecule has 0 heterocycles. The Morgan fingerprint density at radius 1 is 1.33 bits per heavy atom. The van der Waals surface area contributed by atoms with Crippen molar-refractivity contribution in [2.24, 2.45) is 0 Å². The lowest BCUT2D eigenvalue weighted by Gasteiger charge is -2.01. The molecule has 0 unspecified atom stereocenters. The van der Waals surface area contributed by atoms with Gasteiger partial charge in [-0.15, -0.1) is 0 Å². The topological polar surface area (TPSA) is 75.6 Å². The number of esters is 1. The molecule has 96 valence electrons. The molecule has 0 bridgehead atoms. The summed E-state index contributed by atoms with van der Waals surface area (Å²) in [5, 5.41) is 11.5. The number of nitrogens with one attached hydrogen (secondary N) is 1. The number of phenolic OH excluding ortho intramolecular Hbond substituents is 1. The number of rotatable bonds is 5. The van der Waals surface area contributed by atoms with Crippen LogP contribution in [0.2, 0.25) is 0 Å². The van der Waals surface area contributed by atoms with Crippen LogP contribution >= 0.6 is 0 Å². The quantitative estimate of drug-likeness (QED) is 0.605. The highest BCUT2D eigenvalue weighted by atomic mass is 16.5. The maximum absolute atomic E-state index is 11.3. The number of ether oxygens (including phenoxy) is 1. The van der Waals surface area contributed by atoms with Gasteiger partial charge < -0.3 is 15.2 Å². The predicted molar refractivity (Wildman–Crippen MR) is 66.8 cm³/mol. The molecule has 1 rings (SSSR count). The minimum atomic E-state index is -0.469. The van der Waals surface area contributed by atoms with Crippen molar-refractivity contribution in [1.82, 2.24) is 5.32 Å². The van der Waals surface area contributed by atoms with Crippen LogP contribution in [0.5, 0.6) is 5.75 Å². The van der Waals surface area contributed by atoms with E-state index < -0.39 is 5.97 Å². The van der Waals surface area contributed by atoms with Crippen molar-refractivity contribution >= 4 is 18.0 Å². The van der Waals surface area contributed by atoms with Crippen molar-refractivity contribution in [2.45, 2.75) is 6.92 Å². The SMILES string of the molecule is CCOC(=O)CNC(=O)/C=C/c1ccc(O)cc1. The number of hydrogen-bond donors (Lipinski definition) is 2. The molecule has 0 saturated carbocycles. The minimum Gasteiger partial charge on any atom is -0.508 e. The van der Waals surface area contributed by atoms with Gasteiger partial charge in [-0.05, 0) is 30.7 Å². The molecule has 0 aromatic heterocycles. The van der Waals surface area contributed by atoms with Gasteiger partial charge in [0, 0.05) is 6.08 Å². The highest BCUT2D eigenvalue weighted by molar-refractivity contribution is 5.93. The van der Waals surface area contributed by atoms with E-state index in [-0.39, 0.29) is 24.8 Å². The summed E-state index contributed by atoms with van der Waals surface area (Å²) in [7, 11) is 0. The molecule has 1 aromatic carbocycles. The zero-order valence-corrected chi connectivity index (χ0v) is 10.1. The summed E-state index contributed by atoms with van der Waals surface area (Å²) in [6, 6.07) is 6.39. The summed E-state index contributed by atoms with van der Waals surface area (Å²) >= 11 is 0. The van der Waals surface area contributed by atoms with Crippen LogP contribution in [-0.2, 0) is 14.3 Å². The first-order valence-corrected chi connectivity index (χ1v) is 5.52. The van der Waals surface area contributed by atoms with Gasteiger partial charge in [0.2, 0.25) is 5.91 Å². The lowest BCUT2D eigenvalue weighted by atomic mass is 10.2. The Hall–Kier alpha value is -2.30. The Kier molecular flexibility index (Phi) is 5.44. The van der Waals surface area contributed by atoms with Crippen LogP contribution in [0.15, 0.2) is 30.3 Å². The van der Waals surface area contributed by atoms with Crippen molar-refractivity contribution in [1.29, 1.82) is 0 Å². The fourth-order valence-electron chi connectivity index (χ4n) is 1.19. The second-order valence-corrected chi connectivity index (χ2v) is 3.45. The maximum Gasteiger partial charge on any atom is 0.325 e. The second kappa shape index (κ2) is 7.11. The number of carbonyl (C=O) groups excluding carboxylic acids is 2. The Bertz CT molecular complexity index is 437. The zero-order valence-electron chi connectivity index (χ0n) is 10.1. The fourth-order valence-corrected chi connectivity index (χ4v) is 1.19. The molecule has 0 aliphatic heterocycles. The molecule has 18 heavy (non-hydrogen) atoms. The highest BCUT2D eigenvalue weighted by Gasteiger charge is 2.02. The summed E-state index contributed by atoms with van der Waals surface area (Å²) in [5.41, 5.74) is 0.777. The van der Waals surface area contributed by atoms with Crippen LogP contribution in [0.1, 0.15) is 12.5 Å². The Labute approximate surface area is 105 Å². The zero-order chi connectivity index (χ0) is 13.4. The Morgan fingerprint density at radius 3 is 2.61 bits per heavy atom.